The first-order valence-electron chi connectivity index (χ1n) is 11.4. The second kappa shape index (κ2) is 10.0. The van der Waals surface area contributed by atoms with Gasteiger partial charge in [-0.05, 0) is 42.7 Å². The van der Waals surface area contributed by atoms with Crippen LogP contribution in [0.4, 0.5) is 5.82 Å². The number of thiocarbonyl (C=S) groups is 1. The van der Waals surface area contributed by atoms with Crippen LogP contribution in [0.25, 0.3) is 11.7 Å². The molecule has 11 heteroatoms. The molecule has 2 aliphatic heterocycles. The van der Waals surface area contributed by atoms with Gasteiger partial charge in [-0.3, -0.25) is 23.7 Å². The molecule has 2 amide bonds. The van der Waals surface area contributed by atoms with E-state index in [0.717, 1.165) is 17.3 Å². The minimum Gasteiger partial charge on any atom is -0.369 e. The van der Waals surface area contributed by atoms with Crippen molar-refractivity contribution in [1.82, 2.24) is 14.3 Å². The van der Waals surface area contributed by atoms with Crippen molar-refractivity contribution in [2.75, 3.05) is 18.0 Å². The number of pyridine rings is 1. The van der Waals surface area contributed by atoms with Gasteiger partial charge in [-0.1, -0.05) is 59.8 Å². The van der Waals surface area contributed by atoms with Gasteiger partial charge in [-0.2, -0.15) is 0 Å². The Bertz CT molecular complexity index is 1480. The summed E-state index contributed by atoms with van der Waals surface area (Å²) in [4.78, 5) is 47.1. The molecule has 2 aromatic heterocycles. The number of aromatic nitrogens is 2. The molecule has 1 aromatic carbocycles. The molecule has 2 fully saturated rings. The third-order valence-corrected chi connectivity index (χ3v) is 8.13. The third kappa shape index (κ3) is 4.63. The minimum absolute atomic E-state index is 0.202. The highest BCUT2D eigenvalue weighted by molar-refractivity contribution is 8.26. The summed E-state index contributed by atoms with van der Waals surface area (Å²) < 4.78 is 1.85. The lowest BCUT2D eigenvalue weighted by Crippen LogP contribution is -2.40. The average Bonchev–Trinajstić information content (AvgIpc) is 3.14. The van der Waals surface area contributed by atoms with E-state index in [9.17, 15) is 14.4 Å². The molecule has 4 heterocycles. The maximum Gasteiger partial charge on any atom is 0.267 e. The minimum atomic E-state index is -0.316. The van der Waals surface area contributed by atoms with Crippen molar-refractivity contribution < 1.29 is 9.59 Å². The van der Waals surface area contributed by atoms with Crippen LogP contribution in [0.2, 0.25) is 5.02 Å². The highest BCUT2D eigenvalue weighted by atomic mass is 35.5. The molecule has 8 nitrogen and oxygen atoms in total. The highest BCUT2D eigenvalue weighted by Crippen LogP contribution is 2.35. The lowest BCUT2D eigenvalue weighted by atomic mass is 9.96. The van der Waals surface area contributed by atoms with E-state index in [2.05, 4.69) is 0 Å². The summed E-state index contributed by atoms with van der Waals surface area (Å²) in [5, 5.41) is 0.550. The molecular weight excluding hydrogens is 518 g/mol. The predicted molar refractivity (Wildman–Crippen MR) is 146 cm³/mol. The van der Waals surface area contributed by atoms with Gasteiger partial charge in [0, 0.05) is 30.2 Å². The van der Waals surface area contributed by atoms with Crippen molar-refractivity contribution >= 4 is 69.3 Å². The first kappa shape index (κ1) is 24.5. The molecule has 36 heavy (non-hydrogen) atoms. The smallest absolute Gasteiger partial charge is 0.267 e. The highest BCUT2D eigenvalue weighted by Gasteiger charge is 2.34. The number of anilines is 1. The van der Waals surface area contributed by atoms with E-state index in [1.807, 2.05) is 29.2 Å². The molecule has 2 aliphatic rings. The summed E-state index contributed by atoms with van der Waals surface area (Å²) in [6.07, 6.45) is 4.37. The Kier molecular flexibility index (Phi) is 6.83. The van der Waals surface area contributed by atoms with Gasteiger partial charge in [0.25, 0.3) is 11.5 Å². The molecule has 184 valence electrons. The normalized spacial score (nSPS) is 18.0. The molecule has 0 spiro atoms. The molecule has 0 unspecified atom stereocenters. The van der Waals surface area contributed by atoms with Crippen LogP contribution in [0.15, 0.2) is 58.4 Å². The number of carbonyl (C=O) groups is 2. The van der Waals surface area contributed by atoms with Gasteiger partial charge >= 0.3 is 0 Å². The Balaban J connectivity index is 1.53. The number of amides is 2. The average molecular weight is 540 g/mol. The summed E-state index contributed by atoms with van der Waals surface area (Å²) in [5.74, 6) is -0.331. The second-order valence-corrected chi connectivity index (χ2v) is 10.7. The van der Waals surface area contributed by atoms with Crippen LogP contribution < -0.4 is 16.2 Å². The number of thioether (sulfide) groups is 1. The number of piperidine rings is 1. The van der Waals surface area contributed by atoms with Crippen LogP contribution in [0.3, 0.4) is 0 Å². The fourth-order valence-electron chi connectivity index (χ4n) is 4.40. The Labute approximate surface area is 221 Å². The van der Waals surface area contributed by atoms with Crippen molar-refractivity contribution in [3.8, 4) is 0 Å². The van der Waals surface area contributed by atoms with Gasteiger partial charge in [0.15, 0.2) is 0 Å². The summed E-state index contributed by atoms with van der Waals surface area (Å²) in [7, 11) is 0. The molecule has 0 saturated carbocycles. The van der Waals surface area contributed by atoms with E-state index >= 15 is 0 Å². The van der Waals surface area contributed by atoms with Crippen molar-refractivity contribution in [3.05, 3.63) is 80.1 Å². The molecule has 0 aliphatic carbocycles. The van der Waals surface area contributed by atoms with Gasteiger partial charge in [0.05, 0.1) is 17.0 Å². The van der Waals surface area contributed by atoms with Gasteiger partial charge in [-0.25, -0.2) is 4.98 Å². The fourth-order valence-corrected chi connectivity index (χ4v) is 5.83. The van der Waals surface area contributed by atoms with E-state index < -0.39 is 0 Å². The van der Waals surface area contributed by atoms with E-state index in [4.69, 9.17) is 34.5 Å². The number of benzene rings is 1. The molecule has 2 N–H and O–H groups in total. The number of primary amides is 1. The Morgan fingerprint density at radius 2 is 1.89 bits per heavy atom. The van der Waals surface area contributed by atoms with Crippen LogP contribution in [0.5, 0.6) is 0 Å². The zero-order valence-electron chi connectivity index (χ0n) is 19.1. The van der Waals surface area contributed by atoms with Gasteiger partial charge in [0.2, 0.25) is 5.91 Å². The molecule has 5 rings (SSSR count). The number of nitrogens with zero attached hydrogens (tertiary/aromatic N) is 4. The Hall–Kier alpha value is -3.21. The van der Waals surface area contributed by atoms with Gasteiger partial charge in [-0.15, -0.1) is 0 Å². The third-order valence-electron chi connectivity index (χ3n) is 6.38. The van der Waals surface area contributed by atoms with E-state index in [0.29, 0.717) is 57.2 Å². The number of hydrogen-bond donors (Lipinski definition) is 1. The van der Waals surface area contributed by atoms with Crippen LogP contribution in [-0.4, -0.2) is 43.5 Å². The number of halogens is 1. The number of hydrogen-bond acceptors (Lipinski definition) is 7. The van der Waals surface area contributed by atoms with Crippen LogP contribution in [-0.2, 0) is 16.1 Å². The van der Waals surface area contributed by atoms with Crippen LogP contribution >= 0.6 is 35.6 Å². The second-order valence-electron chi connectivity index (χ2n) is 8.61. The zero-order valence-corrected chi connectivity index (χ0v) is 21.5. The number of nitrogens with two attached hydrogens (primary N) is 1. The summed E-state index contributed by atoms with van der Waals surface area (Å²) >= 11 is 12.9. The molecule has 0 atom stereocenters. The summed E-state index contributed by atoms with van der Waals surface area (Å²) in [6, 6.07) is 12.6. The van der Waals surface area contributed by atoms with Crippen molar-refractivity contribution in [3.63, 3.8) is 0 Å². The standard InChI is InChI=1S/C25H22ClN5O3S2/c26-18-6-2-1-5-16(18)14-31-24(34)19(36-25(31)35)13-17-22(29-11-8-15(9-12-29)21(27)32)28-20-7-3-4-10-30(20)23(17)33/h1-7,10,13,15H,8-9,11-12,14H2,(H2,27,32)/b19-13+. The largest absolute Gasteiger partial charge is 0.369 e. The molecular formula is C25H22ClN5O3S2. The zero-order chi connectivity index (χ0) is 25.4. The lowest BCUT2D eigenvalue weighted by Gasteiger charge is -2.32. The van der Waals surface area contributed by atoms with Gasteiger partial charge < -0.3 is 10.6 Å². The van der Waals surface area contributed by atoms with Crippen molar-refractivity contribution in [2.24, 2.45) is 11.7 Å². The van der Waals surface area contributed by atoms with Crippen LogP contribution in [0.1, 0.15) is 24.0 Å². The van der Waals surface area contributed by atoms with Crippen molar-refractivity contribution in [2.45, 2.75) is 19.4 Å². The molecule has 2 saturated heterocycles. The quantitative estimate of drug-likeness (QED) is 0.391. The first-order chi connectivity index (χ1) is 17.3. The Morgan fingerprint density at radius 3 is 2.61 bits per heavy atom. The summed E-state index contributed by atoms with van der Waals surface area (Å²) in [5.41, 5.74) is 6.78. The molecule has 0 bridgehead atoms. The van der Waals surface area contributed by atoms with Crippen molar-refractivity contribution in [1.29, 1.82) is 0 Å². The predicted octanol–water partition coefficient (Wildman–Crippen LogP) is 3.45. The Morgan fingerprint density at radius 1 is 1.17 bits per heavy atom. The van der Waals surface area contributed by atoms with Gasteiger partial charge in [0.1, 0.15) is 15.8 Å². The number of carbonyl (C=O) groups excluding carboxylic acids is 2. The van der Waals surface area contributed by atoms with Crippen LogP contribution in [0, 0.1) is 5.92 Å². The van der Waals surface area contributed by atoms with E-state index in [-0.39, 0.29) is 29.8 Å². The first-order valence-corrected chi connectivity index (χ1v) is 13.0. The lowest BCUT2D eigenvalue weighted by molar-refractivity contribution is -0.123. The fraction of sp³-hybridized carbons (Fsp3) is 0.240. The maximum atomic E-state index is 13.6. The SMILES string of the molecule is NC(=O)C1CCN(c2nc3ccccn3c(=O)c2/C=C2/SC(=S)N(Cc3ccccc3Cl)C2=O)CC1. The number of fused-ring (bicyclic) bond motifs is 1. The molecule has 3 aromatic rings. The topological polar surface area (TPSA) is 101 Å². The maximum absolute atomic E-state index is 13.6. The van der Waals surface area contributed by atoms with E-state index in [1.165, 1.54) is 9.30 Å². The molecule has 0 radical (unpaired) electrons. The van der Waals surface area contributed by atoms with E-state index in [1.54, 1.807) is 30.5 Å². The number of rotatable bonds is 5. The summed E-state index contributed by atoms with van der Waals surface area (Å²) in [6.45, 7) is 1.29. The monoisotopic (exact) mass is 539 g/mol.